The average Bonchev–Trinajstić information content (AvgIpc) is 2.46. The first kappa shape index (κ1) is 21.4. The maximum atomic E-state index is 8.72. The Morgan fingerprint density at radius 1 is 0.476 bits per heavy atom. The van der Waals surface area contributed by atoms with Gasteiger partial charge in [-0.2, -0.15) is 0 Å². The normalized spacial score (nSPS) is 11.4. The van der Waals surface area contributed by atoms with E-state index in [4.69, 9.17) is 10.2 Å². The molecule has 128 valence electrons. The molecule has 0 aromatic rings. The Morgan fingerprint density at radius 3 is 1.05 bits per heavy atom. The van der Waals surface area contributed by atoms with Crippen molar-refractivity contribution in [3.05, 3.63) is 0 Å². The van der Waals surface area contributed by atoms with Crippen LogP contribution in [0.4, 0.5) is 0 Å². The van der Waals surface area contributed by atoms with Crippen molar-refractivity contribution in [3.8, 4) is 0 Å². The average molecular weight is 318 g/mol. The minimum absolute atomic E-state index is 0.539. The Kier molecular flexibility index (Phi) is 18.7. The van der Waals surface area contributed by atoms with E-state index in [9.17, 15) is 0 Å². The van der Waals surface area contributed by atoms with Gasteiger partial charge in [0.15, 0.2) is 6.29 Å². The van der Waals surface area contributed by atoms with Crippen LogP contribution < -0.4 is 0 Å². The van der Waals surface area contributed by atoms with Crippen molar-refractivity contribution in [1.82, 2.24) is 0 Å². The summed E-state index contributed by atoms with van der Waals surface area (Å²) in [6, 6.07) is 0. The Balaban J connectivity index is 2.93. The van der Waals surface area contributed by atoms with Crippen molar-refractivity contribution in [1.29, 1.82) is 0 Å². The van der Waals surface area contributed by atoms with E-state index in [1.165, 1.54) is 89.6 Å². The van der Waals surface area contributed by atoms with Crippen LogP contribution in [0.25, 0.3) is 0 Å². The number of hydrogen-bond acceptors (Lipinski definition) is 2. The van der Waals surface area contributed by atoms with E-state index in [1.807, 2.05) is 0 Å². The summed E-state index contributed by atoms with van der Waals surface area (Å²) in [5.41, 5.74) is 0. The molecular weight excluding hydrogens is 279 g/mol. The van der Waals surface area contributed by atoms with Gasteiger partial charge in [0.2, 0.25) is 0 Å². The second-order valence-electron chi connectivity index (χ2n) is 6.36. The molecule has 0 aromatic heterocycles. The zero-order chi connectivity index (χ0) is 15.6. The van der Waals surface area contributed by atoms with Crippen molar-refractivity contribution in [2.75, 3.05) is 6.16 Å². The van der Waals surface area contributed by atoms with Gasteiger partial charge in [0.1, 0.15) is 0 Å². The highest BCUT2D eigenvalue weighted by Crippen LogP contribution is 2.14. The van der Waals surface area contributed by atoms with Crippen molar-refractivity contribution >= 4 is 9.24 Å². The molecule has 0 aliphatic heterocycles. The molecule has 0 radical (unpaired) electrons. The van der Waals surface area contributed by atoms with E-state index in [-0.39, 0.29) is 0 Å². The van der Waals surface area contributed by atoms with Gasteiger partial charge in [-0.3, -0.25) is 0 Å². The van der Waals surface area contributed by atoms with E-state index in [0.717, 1.165) is 12.8 Å². The largest absolute Gasteiger partial charge is 0.368 e. The third-order valence-electron chi connectivity index (χ3n) is 4.17. The number of hydrogen-bond donors (Lipinski definition) is 2. The number of rotatable bonds is 17. The van der Waals surface area contributed by atoms with Crippen LogP contribution >= 0.6 is 9.24 Å². The molecule has 21 heavy (non-hydrogen) atoms. The quantitative estimate of drug-likeness (QED) is 0.214. The highest BCUT2D eigenvalue weighted by atomic mass is 31.0. The molecule has 0 aliphatic carbocycles. The van der Waals surface area contributed by atoms with Gasteiger partial charge >= 0.3 is 0 Å². The van der Waals surface area contributed by atoms with Crippen LogP contribution in [0.5, 0.6) is 0 Å². The minimum Gasteiger partial charge on any atom is -0.368 e. The van der Waals surface area contributed by atoms with Crippen molar-refractivity contribution in [2.24, 2.45) is 0 Å². The minimum atomic E-state index is -1.10. The monoisotopic (exact) mass is 318 g/mol. The van der Waals surface area contributed by atoms with E-state index >= 15 is 0 Å². The number of aliphatic hydroxyl groups excluding tert-OH is 1. The zero-order valence-electron chi connectivity index (χ0n) is 14.1. The van der Waals surface area contributed by atoms with Gasteiger partial charge in [-0.1, -0.05) is 83.5 Å². The van der Waals surface area contributed by atoms with E-state index in [0.29, 0.717) is 6.42 Å². The SMILES string of the molecule is OC(O)CCCCCCCCCCCCCCCCCP. The molecule has 0 saturated carbocycles. The molecule has 0 spiro atoms. The molecule has 0 aliphatic rings. The fraction of sp³-hybridized carbons (Fsp3) is 1.00. The first-order valence-electron chi connectivity index (χ1n) is 9.33. The Labute approximate surface area is 135 Å². The summed E-state index contributed by atoms with van der Waals surface area (Å²) in [7, 11) is 2.81. The van der Waals surface area contributed by atoms with E-state index in [1.54, 1.807) is 0 Å². The molecule has 2 N–H and O–H groups in total. The molecule has 0 amide bonds. The summed E-state index contributed by atoms with van der Waals surface area (Å²) >= 11 is 0. The van der Waals surface area contributed by atoms with Gasteiger partial charge in [0.05, 0.1) is 0 Å². The molecular formula is C18H39O2P. The maximum absolute atomic E-state index is 8.72. The maximum Gasteiger partial charge on any atom is 0.151 e. The fourth-order valence-corrected chi connectivity index (χ4v) is 3.06. The van der Waals surface area contributed by atoms with Crippen LogP contribution in [0, 0.1) is 0 Å². The lowest BCUT2D eigenvalue weighted by molar-refractivity contribution is -0.0466. The third-order valence-corrected chi connectivity index (χ3v) is 4.57. The highest BCUT2D eigenvalue weighted by molar-refractivity contribution is 7.16. The van der Waals surface area contributed by atoms with Crippen LogP contribution in [0.1, 0.15) is 103 Å². The van der Waals surface area contributed by atoms with Gasteiger partial charge < -0.3 is 10.2 Å². The molecule has 0 heterocycles. The van der Waals surface area contributed by atoms with Crippen LogP contribution in [0.3, 0.4) is 0 Å². The third kappa shape index (κ3) is 20.4. The summed E-state index contributed by atoms with van der Waals surface area (Å²) in [4.78, 5) is 0. The summed E-state index contributed by atoms with van der Waals surface area (Å²) in [6.45, 7) is 0. The lowest BCUT2D eigenvalue weighted by Gasteiger charge is -2.04. The summed E-state index contributed by atoms with van der Waals surface area (Å²) < 4.78 is 0. The standard InChI is InChI=1S/C18H39O2P/c19-18(20)16-14-12-10-8-6-4-2-1-3-5-7-9-11-13-15-17-21/h18-20H,1-17,21H2. The summed E-state index contributed by atoms with van der Waals surface area (Å²) in [5.74, 6) is 0. The lowest BCUT2D eigenvalue weighted by atomic mass is 10.0. The van der Waals surface area contributed by atoms with Crippen LogP contribution in [-0.2, 0) is 0 Å². The molecule has 1 unspecified atom stereocenters. The predicted octanol–water partition coefficient (Wildman–Crippen LogP) is 5.41. The Morgan fingerprint density at radius 2 is 0.762 bits per heavy atom. The summed E-state index contributed by atoms with van der Waals surface area (Å²) in [6.07, 6.45) is 20.9. The molecule has 0 rings (SSSR count). The van der Waals surface area contributed by atoms with Crippen LogP contribution in [-0.4, -0.2) is 22.7 Å². The summed E-state index contributed by atoms with van der Waals surface area (Å²) in [5, 5.41) is 17.4. The van der Waals surface area contributed by atoms with Crippen molar-refractivity contribution in [2.45, 2.75) is 109 Å². The smallest absolute Gasteiger partial charge is 0.151 e. The van der Waals surface area contributed by atoms with Crippen molar-refractivity contribution < 1.29 is 10.2 Å². The molecule has 0 saturated heterocycles. The van der Waals surface area contributed by atoms with Crippen LogP contribution in [0.15, 0.2) is 0 Å². The van der Waals surface area contributed by atoms with Crippen molar-refractivity contribution in [3.63, 3.8) is 0 Å². The molecule has 0 bridgehead atoms. The van der Waals surface area contributed by atoms with Gasteiger partial charge in [0.25, 0.3) is 0 Å². The predicted molar refractivity (Wildman–Crippen MR) is 96.7 cm³/mol. The second-order valence-corrected chi connectivity index (χ2v) is 6.94. The van der Waals surface area contributed by atoms with E-state index in [2.05, 4.69) is 9.24 Å². The molecule has 0 fully saturated rings. The first-order chi connectivity index (χ1) is 10.3. The number of unbranched alkanes of at least 4 members (excludes halogenated alkanes) is 14. The Hall–Kier alpha value is 0.350. The molecule has 3 heteroatoms. The van der Waals surface area contributed by atoms with Gasteiger partial charge in [-0.25, -0.2) is 0 Å². The Bertz CT molecular complexity index is 186. The molecule has 2 nitrogen and oxygen atoms in total. The van der Waals surface area contributed by atoms with E-state index < -0.39 is 6.29 Å². The number of aliphatic hydroxyl groups is 2. The molecule has 1 atom stereocenters. The fourth-order valence-electron chi connectivity index (χ4n) is 2.77. The first-order valence-corrected chi connectivity index (χ1v) is 10.1. The highest BCUT2D eigenvalue weighted by Gasteiger charge is 1.97. The van der Waals surface area contributed by atoms with Gasteiger partial charge in [-0.05, 0) is 25.4 Å². The zero-order valence-corrected chi connectivity index (χ0v) is 15.2. The van der Waals surface area contributed by atoms with Crippen LogP contribution in [0.2, 0.25) is 0 Å². The molecule has 0 aromatic carbocycles. The van der Waals surface area contributed by atoms with Gasteiger partial charge in [0, 0.05) is 0 Å². The second kappa shape index (κ2) is 18.4. The van der Waals surface area contributed by atoms with Gasteiger partial charge in [-0.15, -0.1) is 9.24 Å². The topological polar surface area (TPSA) is 40.5 Å². The lowest BCUT2D eigenvalue weighted by Crippen LogP contribution is -2.02.